The monoisotopic (exact) mass is 288 g/mol. The molecule has 0 aliphatic carbocycles. The van der Waals surface area contributed by atoms with Crippen LogP contribution in [-0.2, 0) is 24.2 Å². The first-order valence-corrected chi connectivity index (χ1v) is 6.96. The van der Waals surface area contributed by atoms with Gasteiger partial charge in [-0.1, -0.05) is 42.4 Å². The number of carbonyl (C=O) groups is 1. The quantitative estimate of drug-likeness (QED) is 0.862. The maximum absolute atomic E-state index is 12.2. The van der Waals surface area contributed by atoms with Gasteiger partial charge in [0, 0.05) is 13.5 Å². The summed E-state index contributed by atoms with van der Waals surface area (Å²) in [5, 5.41) is 3.80. The van der Waals surface area contributed by atoms with Gasteiger partial charge in [0.15, 0.2) is 5.82 Å². The molecular formula is C15H20N4O2. The Labute approximate surface area is 123 Å². The van der Waals surface area contributed by atoms with E-state index in [1.54, 1.807) is 7.05 Å². The molecule has 21 heavy (non-hydrogen) atoms. The smallest absolute Gasteiger partial charge is 0.246 e. The first-order chi connectivity index (χ1) is 10.1. The first kappa shape index (κ1) is 15.2. The lowest BCUT2D eigenvalue weighted by molar-refractivity contribution is -0.132. The zero-order valence-corrected chi connectivity index (χ0v) is 12.3. The molecule has 0 aliphatic rings. The van der Waals surface area contributed by atoms with Crippen molar-refractivity contribution in [2.75, 3.05) is 7.05 Å². The highest BCUT2D eigenvalue weighted by Crippen LogP contribution is 2.06. The van der Waals surface area contributed by atoms with E-state index in [-0.39, 0.29) is 12.5 Å². The van der Waals surface area contributed by atoms with Crippen LogP contribution < -0.4 is 5.73 Å². The second-order valence-corrected chi connectivity index (χ2v) is 4.95. The van der Waals surface area contributed by atoms with Crippen LogP contribution in [0.25, 0.3) is 0 Å². The van der Waals surface area contributed by atoms with Crippen LogP contribution in [0.4, 0.5) is 0 Å². The molecule has 0 bridgehead atoms. The highest BCUT2D eigenvalue weighted by molar-refractivity contribution is 5.81. The molecule has 2 aromatic rings. The predicted molar refractivity (Wildman–Crippen MR) is 78.3 cm³/mol. The highest BCUT2D eigenvalue weighted by Gasteiger charge is 2.20. The van der Waals surface area contributed by atoms with Gasteiger partial charge in [0.2, 0.25) is 11.8 Å². The number of aryl methyl sites for hydroxylation is 1. The van der Waals surface area contributed by atoms with Crippen molar-refractivity contribution in [1.82, 2.24) is 15.0 Å². The van der Waals surface area contributed by atoms with Gasteiger partial charge in [-0.25, -0.2) is 0 Å². The molecule has 1 heterocycles. The fraction of sp³-hybridized carbons (Fsp3) is 0.400. The van der Waals surface area contributed by atoms with E-state index in [0.29, 0.717) is 24.6 Å². The van der Waals surface area contributed by atoms with Crippen LogP contribution in [0.2, 0.25) is 0 Å². The third-order valence-corrected chi connectivity index (χ3v) is 3.19. The van der Waals surface area contributed by atoms with Crippen molar-refractivity contribution < 1.29 is 9.32 Å². The summed E-state index contributed by atoms with van der Waals surface area (Å²) in [7, 11) is 1.68. The number of benzene rings is 1. The van der Waals surface area contributed by atoms with Crippen LogP contribution in [-0.4, -0.2) is 34.0 Å². The van der Waals surface area contributed by atoms with Gasteiger partial charge < -0.3 is 15.2 Å². The molecule has 2 rings (SSSR count). The summed E-state index contributed by atoms with van der Waals surface area (Å²) in [6, 6.07) is 9.13. The van der Waals surface area contributed by atoms with E-state index in [1.807, 2.05) is 37.3 Å². The predicted octanol–water partition coefficient (Wildman–Crippen LogP) is 1.16. The molecule has 1 aromatic heterocycles. The summed E-state index contributed by atoms with van der Waals surface area (Å²) < 4.78 is 5.08. The summed E-state index contributed by atoms with van der Waals surface area (Å²) in [5.41, 5.74) is 7.02. The van der Waals surface area contributed by atoms with Gasteiger partial charge in [-0.2, -0.15) is 4.98 Å². The van der Waals surface area contributed by atoms with Gasteiger partial charge in [-0.05, 0) is 12.0 Å². The molecule has 0 aliphatic heterocycles. The van der Waals surface area contributed by atoms with E-state index in [2.05, 4.69) is 10.1 Å². The summed E-state index contributed by atoms with van der Waals surface area (Å²) >= 11 is 0. The Bertz CT molecular complexity index is 582. The summed E-state index contributed by atoms with van der Waals surface area (Å²) in [4.78, 5) is 17.9. The standard InChI is InChI=1S/C15H20N4O2/c1-3-13-17-14(21-18-13)10-19(2)15(20)12(16)9-11-7-5-4-6-8-11/h4-8,12H,3,9-10,16H2,1-2H3/t12-/m0/s1. The molecule has 0 saturated heterocycles. The van der Waals surface area contributed by atoms with E-state index in [1.165, 1.54) is 4.90 Å². The number of nitrogens with zero attached hydrogens (tertiary/aromatic N) is 3. The molecule has 0 spiro atoms. The van der Waals surface area contributed by atoms with E-state index in [0.717, 1.165) is 5.56 Å². The number of hydrogen-bond donors (Lipinski definition) is 1. The van der Waals surface area contributed by atoms with Crippen LogP contribution >= 0.6 is 0 Å². The molecule has 1 amide bonds. The number of carbonyl (C=O) groups excluding carboxylic acids is 1. The van der Waals surface area contributed by atoms with Crippen molar-refractivity contribution in [3.05, 3.63) is 47.6 Å². The minimum absolute atomic E-state index is 0.143. The molecule has 0 fully saturated rings. The van der Waals surface area contributed by atoms with E-state index >= 15 is 0 Å². The molecule has 0 radical (unpaired) electrons. The van der Waals surface area contributed by atoms with Gasteiger partial charge in [0.1, 0.15) is 0 Å². The normalized spacial score (nSPS) is 12.1. The van der Waals surface area contributed by atoms with Gasteiger partial charge in [-0.15, -0.1) is 0 Å². The zero-order valence-electron chi connectivity index (χ0n) is 12.3. The van der Waals surface area contributed by atoms with Crippen LogP contribution in [0.5, 0.6) is 0 Å². The first-order valence-electron chi connectivity index (χ1n) is 6.96. The third-order valence-electron chi connectivity index (χ3n) is 3.19. The molecule has 112 valence electrons. The molecule has 1 atom stereocenters. The van der Waals surface area contributed by atoms with Crippen molar-refractivity contribution in [3.8, 4) is 0 Å². The highest BCUT2D eigenvalue weighted by atomic mass is 16.5. The van der Waals surface area contributed by atoms with Crippen molar-refractivity contribution in [2.24, 2.45) is 5.73 Å². The Kier molecular flexibility index (Phi) is 5.05. The maximum atomic E-state index is 12.2. The largest absolute Gasteiger partial charge is 0.337 e. The summed E-state index contributed by atoms with van der Waals surface area (Å²) in [6.07, 6.45) is 1.21. The Balaban J connectivity index is 1.92. The third kappa shape index (κ3) is 4.13. The second kappa shape index (κ2) is 6.99. The van der Waals surface area contributed by atoms with Crippen LogP contribution in [0.1, 0.15) is 24.2 Å². The fourth-order valence-corrected chi connectivity index (χ4v) is 2.02. The molecule has 6 heteroatoms. The average molecular weight is 288 g/mol. The molecule has 2 N–H and O–H groups in total. The number of rotatable bonds is 6. The summed E-state index contributed by atoms with van der Waals surface area (Å²) in [5.74, 6) is 0.921. The number of likely N-dealkylation sites (N-methyl/N-ethyl adjacent to an activating group) is 1. The van der Waals surface area contributed by atoms with E-state index in [4.69, 9.17) is 10.3 Å². The van der Waals surface area contributed by atoms with Gasteiger partial charge in [0.05, 0.1) is 12.6 Å². The maximum Gasteiger partial charge on any atom is 0.246 e. The lowest BCUT2D eigenvalue weighted by Crippen LogP contribution is -2.42. The topological polar surface area (TPSA) is 85.2 Å². The van der Waals surface area contributed by atoms with Crippen molar-refractivity contribution in [3.63, 3.8) is 0 Å². The molecule has 0 unspecified atom stereocenters. The van der Waals surface area contributed by atoms with Gasteiger partial charge in [0.25, 0.3) is 0 Å². The Morgan fingerprint density at radius 3 is 2.71 bits per heavy atom. The number of aromatic nitrogens is 2. The number of hydrogen-bond acceptors (Lipinski definition) is 5. The molecule has 6 nitrogen and oxygen atoms in total. The lowest BCUT2D eigenvalue weighted by atomic mass is 10.1. The van der Waals surface area contributed by atoms with Gasteiger partial charge >= 0.3 is 0 Å². The molecular weight excluding hydrogens is 268 g/mol. The lowest BCUT2D eigenvalue weighted by Gasteiger charge is -2.19. The minimum atomic E-state index is -0.578. The minimum Gasteiger partial charge on any atom is -0.337 e. The average Bonchev–Trinajstić information content (AvgIpc) is 2.95. The Morgan fingerprint density at radius 2 is 2.10 bits per heavy atom. The molecule has 0 saturated carbocycles. The van der Waals surface area contributed by atoms with Gasteiger partial charge in [-0.3, -0.25) is 4.79 Å². The van der Waals surface area contributed by atoms with Crippen molar-refractivity contribution in [1.29, 1.82) is 0 Å². The fourth-order valence-electron chi connectivity index (χ4n) is 2.02. The van der Waals surface area contributed by atoms with E-state index < -0.39 is 6.04 Å². The molecule has 1 aromatic carbocycles. The Hall–Kier alpha value is -2.21. The van der Waals surface area contributed by atoms with Crippen molar-refractivity contribution in [2.45, 2.75) is 32.4 Å². The zero-order chi connectivity index (χ0) is 15.2. The summed E-state index contributed by atoms with van der Waals surface area (Å²) in [6.45, 7) is 2.22. The van der Waals surface area contributed by atoms with Crippen LogP contribution in [0.3, 0.4) is 0 Å². The second-order valence-electron chi connectivity index (χ2n) is 4.95. The number of nitrogens with two attached hydrogens (primary N) is 1. The van der Waals surface area contributed by atoms with Crippen LogP contribution in [0, 0.1) is 0 Å². The SMILES string of the molecule is CCc1noc(CN(C)C(=O)[C@@H](N)Cc2ccccc2)n1. The number of amides is 1. The van der Waals surface area contributed by atoms with Crippen molar-refractivity contribution >= 4 is 5.91 Å². The Morgan fingerprint density at radius 1 is 1.38 bits per heavy atom. The van der Waals surface area contributed by atoms with E-state index in [9.17, 15) is 4.79 Å². The van der Waals surface area contributed by atoms with Crippen LogP contribution in [0.15, 0.2) is 34.9 Å².